The zero-order chi connectivity index (χ0) is 23.5. The second-order valence-corrected chi connectivity index (χ2v) is 10.3. The summed E-state index contributed by atoms with van der Waals surface area (Å²) in [4.78, 5) is 23.6. The van der Waals surface area contributed by atoms with E-state index < -0.39 is 52.6 Å². The molecule has 0 aliphatic rings. The summed E-state index contributed by atoms with van der Waals surface area (Å²) in [6, 6.07) is 3.42. The Balaban J connectivity index is 2.71. The zero-order valence-electron chi connectivity index (χ0n) is 14.2. The summed E-state index contributed by atoms with van der Waals surface area (Å²) >= 11 is 5.80. The molecular formula is C14H10F5I3O7S. The molecule has 0 heterocycles. The highest BCUT2D eigenvalue weighted by atomic mass is 127. The van der Waals surface area contributed by atoms with E-state index in [1.54, 1.807) is 12.1 Å². The number of halogens is 8. The van der Waals surface area contributed by atoms with Crippen LogP contribution in [0, 0.1) is 10.7 Å². The van der Waals surface area contributed by atoms with Gasteiger partial charge in [-0.15, -0.1) is 0 Å². The number of rotatable bonds is 8. The molecule has 0 fully saturated rings. The maximum atomic E-state index is 13.3. The first-order valence-electron chi connectivity index (χ1n) is 7.41. The molecule has 0 bridgehead atoms. The van der Waals surface area contributed by atoms with Crippen LogP contribution in [0.4, 0.5) is 22.0 Å². The minimum Gasteiger partial charge on any atom is -0.462 e. The van der Waals surface area contributed by atoms with Crippen molar-refractivity contribution in [2.75, 3.05) is 6.61 Å². The zero-order valence-corrected chi connectivity index (χ0v) is 21.5. The molecule has 0 spiro atoms. The molecule has 1 unspecified atom stereocenters. The Labute approximate surface area is 207 Å². The summed E-state index contributed by atoms with van der Waals surface area (Å²) < 4.78 is 105. The van der Waals surface area contributed by atoms with Gasteiger partial charge in [-0.1, -0.05) is 0 Å². The molecule has 0 saturated heterocycles. The van der Waals surface area contributed by atoms with E-state index >= 15 is 0 Å². The highest BCUT2D eigenvalue weighted by Gasteiger charge is 2.65. The molecule has 16 heteroatoms. The first-order chi connectivity index (χ1) is 13.5. The van der Waals surface area contributed by atoms with Gasteiger partial charge in [0.1, 0.15) is 0 Å². The molecule has 0 radical (unpaired) electrons. The van der Waals surface area contributed by atoms with E-state index in [9.17, 15) is 40.0 Å². The van der Waals surface area contributed by atoms with E-state index in [1.165, 1.54) is 0 Å². The average Bonchev–Trinajstić information content (AvgIpc) is 2.58. The van der Waals surface area contributed by atoms with Crippen LogP contribution in [0.25, 0.3) is 0 Å². The van der Waals surface area contributed by atoms with Crippen molar-refractivity contribution in [2.24, 2.45) is 0 Å². The lowest BCUT2D eigenvalue weighted by Crippen LogP contribution is -2.52. The van der Waals surface area contributed by atoms with Crippen LogP contribution in [-0.4, -0.2) is 49.1 Å². The second kappa shape index (κ2) is 10.7. The van der Waals surface area contributed by atoms with Crippen molar-refractivity contribution < 1.29 is 54.0 Å². The average molecular weight is 798 g/mol. The molecule has 1 rings (SSSR count). The normalized spacial score (nSPS) is 13.6. The molecule has 30 heavy (non-hydrogen) atoms. The van der Waals surface area contributed by atoms with E-state index in [-0.39, 0.29) is 12.0 Å². The lowest BCUT2D eigenvalue weighted by molar-refractivity contribution is -0.259. The quantitative estimate of drug-likeness (QED) is 0.104. The van der Waals surface area contributed by atoms with Gasteiger partial charge in [-0.05, 0) is 86.3 Å². The van der Waals surface area contributed by atoms with Crippen molar-refractivity contribution in [3.63, 3.8) is 0 Å². The monoisotopic (exact) mass is 798 g/mol. The van der Waals surface area contributed by atoms with Crippen LogP contribution >= 0.6 is 67.8 Å². The lowest BCUT2D eigenvalue weighted by Gasteiger charge is -2.26. The number of carbonyl (C=O) groups excluding carboxylic acids is 2. The van der Waals surface area contributed by atoms with Gasteiger partial charge in [0, 0.05) is 17.1 Å². The molecule has 0 amide bonds. The summed E-state index contributed by atoms with van der Waals surface area (Å²) in [5.74, 6) is -2.59. The molecule has 1 atom stereocenters. The number of hydrogen-bond acceptors (Lipinski definition) is 6. The number of hydrogen-bond donors (Lipinski definition) is 1. The Morgan fingerprint density at radius 2 is 1.60 bits per heavy atom. The fourth-order valence-electron chi connectivity index (χ4n) is 1.82. The van der Waals surface area contributed by atoms with Crippen molar-refractivity contribution in [1.82, 2.24) is 0 Å². The molecule has 0 aliphatic carbocycles. The van der Waals surface area contributed by atoms with Gasteiger partial charge in [0.25, 0.3) is 6.10 Å². The van der Waals surface area contributed by atoms with Crippen LogP contribution in [0.5, 0.6) is 0 Å². The standard InChI is InChI=1S/C14H10F5I3O7S/c15-13(16,17)12(14(18,19)30(25,26)27)29-8(23)2-1-5-28-11(24)9-6(20)3-4-7(21)10(9)22/h3-4,12H,1-2,5H2,(H,25,26,27). The van der Waals surface area contributed by atoms with Gasteiger partial charge in [-0.3, -0.25) is 9.35 Å². The van der Waals surface area contributed by atoms with Crippen LogP contribution < -0.4 is 0 Å². The van der Waals surface area contributed by atoms with Gasteiger partial charge in [0.15, 0.2) is 0 Å². The van der Waals surface area contributed by atoms with Gasteiger partial charge < -0.3 is 9.47 Å². The van der Waals surface area contributed by atoms with E-state index in [2.05, 4.69) is 4.74 Å². The Morgan fingerprint density at radius 3 is 2.10 bits per heavy atom. The fraction of sp³-hybridized carbons (Fsp3) is 0.429. The highest BCUT2D eigenvalue weighted by molar-refractivity contribution is 14.1. The number of alkyl halides is 5. The number of esters is 2. The third-order valence-electron chi connectivity index (χ3n) is 3.20. The van der Waals surface area contributed by atoms with Gasteiger partial charge in [-0.25, -0.2) is 4.79 Å². The number of carbonyl (C=O) groups is 2. The fourth-order valence-corrected chi connectivity index (χ4v) is 4.60. The summed E-state index contributed by atoms with van der Waals surface area (Å²) in [6.07, 6.45) is -11.6. The molecule has 0 saturated carbocycles. The third-order valence-corrected chi connectivity index (χ3v) is 8.05. The highest BCUT2D eigenvalue weighted by Crippen LogP contribution is 2.38. The van der Waals surface area contributed by atoms with Crippen molar-refractivity contribution in [2.45, 2.75) is 30.4 Å². The molecule has 0 aliphatic heterocycles. The minimum absolute atomic E-state index is 0.246. The molecule has 1 aromatic carbocycles. The van der Waals surface area contributed by atoms with Gasteiger partial charge in [0.2, 0.25) is 0 Å². The SMILES string of the molecule is O=C(CCCOC(=O)c1c(I)ccc(I)c1I)OC(C(F)(F)F)C(F)(F)S(=O)(=O)O. The first kappa shape index (κ1) is 27.9. The first-order valence-corrected chi connectivity index (χ1v) is 12.1. The molecule has 0 aromatic heterocycles. The van der Waals surface area contributed by atoms with Crippen molar-refractivity contribution in [1.29, 1.82) is 0 Å². The minimum atomic E-state index is -6.51. The van der Waals surface area contributed by atoms with Crippen molar-refractivity contribution >= 4 is 89.8 Å². The Kier molecular flexibility index (Phi) is 9.95. The predicted octanol–water partition coefficient (Wildman–Crippen LogP) is 4.39. The smallest absolute Gasteiger partial charge is 0.432 e. The second-order valence-electron chi connectivity index (χ2n) is 5.41. The van der Waals surface area contributed by atoms with Crippen LogP contribution in [-0.2, 0) is 24.4 Å². The molecular weight excluding hydrogens is 788 g/mol. The topological polar surface area (TPSA) is 107 Å². The summed E-state index contributed by atoms with van der Waals surface area (Å²) in [6.45, 7) is -0.447. The Morgan fingerprint density at radius 1 is 1.07 bits per heavy atom. The van der Waals surface area contributed by atoms with Crippen LogP contribution in [0.1, 0.15) is 23.2 Å². The van der Waals surface area contributed by atoms with Gasteiger partial charge in [0.05, 0.1) is 12.2 Å². The summed E-state index contributed by atoms with van der Waals surface area (Å²) in [7, 11) is -6.51. The lowest BCUT2D eigenvalue weighted by atomic mass is 10.2. The summed E-state index contributed by atoms with van der Waals surface area (Å²) in [5.41, 5.74) is 0.246. The van der Waals surface area contributed by atoms with Crippen LogP contribution in [0.3, 0.4) is 0 Å². The Hall–Kier alpha value is -0.0900. The number of ether oxygens (including phenoxy) is 2. The molecule has 7 nitrogen and oxygen atoms in total. The van der Waals surface area contributed by atoms with E-state index in [0.29, 0.717) is 7.14 Å². The van der Waals surface area contributed by atoms with Crippen LogP contribution in [0.15, 0.2) is 12.1 Å². The predicted molar refractivity (Wildman–Crippen MR) is 117 cm³/mol. The third kappa shape index (κ3) is 7.22. The van der Waals surface area contributed by atoms with E-state index in [4.69, 9.17) is 9.29 Å². The van der Waals surface area contributed by atoms with Gasteiger partial charge >= 0.3 is 33.5 Å². The van der Waals surface area contributed by atoms with Crippen molar-refractivity contribution in [3.8, 4) is 0 Å². The molecule has 1 aromatic rings. The summed E-state index contributed by atoms with van der Waals surface area (Å²) in [5, 5.41) is -5.80. The van der Waals surface area contributed by atoms with Crippen LogP contribution in [0.2, 0.25) is 0 Å². The van der Waals surface area contributed by atoms with E-state index in [0.717, 1.165) is 3.57 Å². The maximum Gasteiger partial charge on any atom is 0.432 e. The van der Waals surface area contributed by atoms with E-state index in [1.807, 2.05) is 67.8 Å². The molecule has 1 N–H and O–H groups in total. The molecule has 170 valence electrons. The Bertz CT molecular complexity index is 921. The maximum absolute atomic E-state index is 13.3. The van der Waals surface area contributed by atoms with Crippen molar-refractivity contribution in [3.05, 3.63) is 28.4 Å². The largest absolute Gasteiger partial charge is 0.462 e. The van der Waals surface area contributed by atoms with Gasteiger partial charge in [-0.2, -0.15) is 30.4 Å². The number of benzene rings is 1.